The first-order valence-electron chi connectivity index (χ1n) is 5.88. The van der Waals surface area contributed by atoms with Gasteiger partial charge in [-0.1, -0.05) is 35.4 Å². The fraction of sp³-hybridized carbons (Fsp3) is 0.727. The molecule has 0 aromatic carbocycles. The minimum Gasteiger partial charge on any atom is -0.481 e. The zero-order valence-electron chi connectivity index (χ0n) is 12.4. The van der Waals surface area contributed by atoms with Gasteiger partial charge in [0.2, 0.25) is 5.91 Å². The van der Waals surface area contributed by atoms with Crippen LogP contribution >= 0.6 is 21.6 Å². The molecule has 0 saturated carbocycles. The van der Waals surface area contributed by atoms with Gasteiger partial charge in [0.25, 0.3) is 0 Å². The van der Waals surface area contributed by atoms with E-state index >= 15 is 0 Å². The monoisotopic (exact) mass is 330 g/mol. The Labute approximate surface area is 128 Å². The lowest BCUT2D eigenvalue weighted by Gasteiger charge is -1.95. The first-order chi connectivity index (χ1) is 9.36. The van der Waals surface area contributed by atoms with Crippen molar-refractivity contribution in [1.82, 2.24) is 0 Å². The Morgan fingerprint density at radius 2 is 1.10 bits per heavy atom. The maximum atomic E-state index is 10.0. The molecule has 0 bridgehead atoms. The molecule has 0 fully saturated rings. The molecule has 6 N–H and O–H groups in total. The summed E-state index contributed by atoms with van der Waals surface area (Å²) < 4.78 is 0. The standard InChI is InChI=1S/C6H10O4S2.C2H5NO.C2H6.CH5N/c7-5(8)1-3-11-12-4-2-6(9)10;1-2(3)4;2*1-2/h1-4H2,(H,7,8)(H,9,10);1H3,(H2,3,4);1-2H3;2H2,1H3. The van der Waals surface area contributed by atoms with E-state index in [1.54, 1.807) is 0 Å². The smallest absolute Gasteiger partial charge is 0.304 e. The molecule has 0 aliphatic heterocycles. The molecule has 0 spiro atoms. The molecule has 0 rings (SSSR count). The van der Waals surface area contributed by atoms with Gasteiger partial charge in [0.05, 0.1) is 12.8 Å². The minimum absolute atomic E-state index is 0.130. The lowest BCUT2D eigenvalue weighted by Crippen LogP contribution is -2.01. The number of hydrogen-bond acceptors (Lipinski definition) is 6. The molecule has 1 amide bonds. The molecule has 7 nitrogen and oxygen atoms in total. The van der Waals surface area contributed by atoms with E-state index in [0.29, 0.717) is 11.5 Å². The molecular weight excluding hydrogens is 304 g/mol. The van der Waals surface area contributed by atoms with Gasteiger partial charge in [0, 0.05) is 18.4 Å². The first-order valence-corrected chi connectivity index (χ1v) is 8.36. The largest absolute Gasteiger partial charge is 0.481 e. The van der Waals surface area contributed by atoms with Gasteiger partial charge in [0.15, 0.2) is 0 Å². The summed E-state index contributed by atoms with van der Waals surface area (Å²) in [4.78, 5) is 29.3. The number of aliphatic carboxylic acids is 2. The lowest BCUT2D eigenvalue weighted by atomic mass is 10.5. The normalized spacial score (nSPS) is 7.65. The van der Waals surface area contributed by atoms with Crippen molar-refractivity contribution < 1.29 is 24.6 Å². The van der Waals surface area contributed by atoms with E-state index < -0.39 is 11.9 Å². The van der Waals surface area contributed by atoms with Crippen LogP contribution < -0.4 is 11.5 Å². The number of carbonyl (C=O) groups is 3. The second-order valence-electron chi connectivity index (χ2n) is 2.54. The maximum absolute atomic E-state index is 10.0. The summed E-state index contributed by atoms with van der Waals surface area (Å²) >= 11 is 0. The van der Waals surface area contributed by atoms with Crippen LogP contribution in [0.3, 0.4) is 0 Å². The molecule has 0 aromatic rings. The van der Waals surface area contributed by atoms with Gasteiger partial charge < -0.3 is 21.7 Å². The molecule has 20 heavy (non-hydrogen) atoms. The molecule has 0 heterocycles. The number of carbonyl (C=O) groups excluding carboxylic acids is 1. The van der Waals surface area contributed by atoms with Crippen LogP contribution in [0.1, 0.15) is 33.6 Å². The Bertz CT molecular complexity index is 219. The van der Waals surface area contributed by atoms with Crippen LogP contribution in [0, 0.1) is 0 Å². The average molecular weight is 330 g/mol. The van der Waals surface area contributed by atoms with E-state index in [-0.39, 0.29) is 18.7 Å². The quantitative estimate of drug-likeness (QED) is 0.405. The molecule has 122 valence electrons. The number of carboxylic acid groups (broad SMARTS) is 2. The van der Waals surface area contributed by atoms with Crippen molar-refractivity contribution in [3.63, 3.8) is 0 Å². The predicted octanol–water partition coefficient (Wildman–Crippen LogP) is 1.41. The highest BCUT2D eigenvalue weighted by Gasteiger charge is 1.99. The van der Waals surface area contributed by atoms with Crippen molar-refractivity contribution in [2.24, 2.45) is 11.5 Å². The highest BCUT2D eigenvalue weighted by molar-refractivity contribution is 8.76. The molecule has 0 radical (unpaired) electrons. The van der Waals surface area contributed by atoms with Crippen LogP contribution in [-0.2, 0) is 14.4 Å². The summed E-state index contributed by atoms with van der Waals surface area (Å²) in [5, 5.41) is 16.5. The van der Waals surface area contributed by atoms with Gasteiger partial charge in [-0.2, -0.15) is 0 Å². The molecule has 0 unspecified atom stereocenters. The van der Waals surface area contributed by atoms with Crippen molar-refractivity contribution in [2.75, 3.05) is 18.6 Å². The van der Waals surface area contributed by atoms with Crippen molar-refractivity contribution >= 4 is 39.4 Å². The van der Waals surface area contributed by atoms with Gasteiger partial charge >= 0.3 is 11.9 Å². The Hall–Kier alpha value is -0.930. The zero-order chi connectivity index (χ0) is 17.0. The summed E-state index contributed by atoms with van der Waals surface area (Å²) in [6.07, 6.45) is 0.259. The number of amides is 1. The molecule has 0 aliphatic rings. The van der Waals surface area contributed by atoms with E-state index in [1.165, 1.54) is 35.6 Å². The molecule has 0 aliphatic carbocycles. The zero-order valence-corrected chi connectivity index (χ0v) is 14.1. The summed E-state index contributed by atoms with van der Waals surface area (Å²) in [6.45, 7) is 5.31. The lowest BCUT2D eigenvalue weighted by molar-refractivity contribution is -0.137. The van der Waals surface area contributed by atoms with E-state index in [4.69, 9.17) is 10.2 Å². The predicted molar refractivity (Wildman–Crippen MR) is 85.7 cm³/mol. The second kappa shape index (κ2) is 26.6. The van der Waals surface area contributed by atoms with Crippen LogP contribution in [0.5, 0.6) is 0 Å². The third-order valence-corrected chi connectivity index (χ3v) is 3.29. The average Bonchev–Trinajstić information content (AvgIpc) is 2.37. The summed E-state index contributed by atoms with van der Waals surface area (Å²) in [5.74, 6) is -0.915. The van der Waals surface area contributed by atoms with Crippen molar-refractivity contribution in [1.29, 1.82) is 0 Å². The number of hydrogen-bond donors (Lipinski definition) is 4. The first kappa shape index (κ1) is 27.4. The second-order valence-corrected chi connectivity index (χ2v) is 5.24. The number of primary amides is 1. The van der Waals surface area contributed by atoms with Crippen LogP contribution in [0.25, 0.3) is 0 Å². The van der Waals surface area contributed by atoms with Crippen LogP contribution in [0.2, 0.25) is 0 Å². The number of nitrogens with two attached hydrogens (primary N) is 2. The van der Waals surface area contributed by atoms with Gasteiger partial charge in [-0.15, -0.1) is 0 Å². The van der Waals surface area contributed by atoms with E-state index in [0.717, 1.165) is 0 Å². The topological polar surface area (TPSA) is 144 Å². The van der Waals surface area contributed by atoms with E-state index in [2.05, 4.69) is 11.5 Å². The SMILES string of the molecule is CC.CC(N)=O.CN.O=C(O)CCSSCCC(=O)O. The van der Waals surface area contributed by atoms with Crippen molar-refractivity contribution in [3.05, 3.63) is 0 Å². The third kappa shape index (κ3) is 67.7. The fourth-order valence-corrected chi connectivity index (χ4v) is 2.33. The maximum Gasteiger partial charge on any atom is 0.304 e. The third-order valence-electron chi connectivity index (χ3n) is 0.882. The Balaban J connectivity index is -0.000000134. The molecule has 0 atom stereocenters. The molecule has 0 saturated heterocycles. The minimum atomic E-state index is -0.818. The van der Waals surface area contributed by atoms with Crippen LogP contribution in [-0.4, -0.2) is 46.6 Å². The highest BCUT2D eigenvalue weighted by Crippen LogP contribution is 2.22. The van der Waals surface area contributed by atoms with Gasteiger partial charge in [-0.05, 0) is 7.05 Å². The summed E-state index contributed by atoms with van der Waals surface area (Å²) in [7, 11) is 4.29. The fourth-order valence-electron chi connectivity index (χ4n) is 0.376. The Morgan fingerprint density at radius 1 is 0.900 bits per heavy atom. The van der Waals surface area contributed by atoms with Crippen molar-refractivity contribution in [2.45, 2.75) is 33.6 Å². The molecule has 9 heteroatoms. The summed E-state index contributed by atoms with van der Waals surface area (Å²) in [5.41, 5.74) is 8.97. The van der Waals surface area contributed by atoms with Crippen molar-refractivity contribution in [3.8, 4) is 0 Å². The number of rotatable bonds is 7. The van der Waals surface area contributed by atoms with Gasteiger partial charge in [-0.3, -0.25) is 14.4 Å². The van der Waals surface area contributed by atoms with E-state index in [9.17, 15) is 14.4 Å². The van der Waals surface area contributed by atoms with Gasteiger partial charge in [-0.25, -0.2) is 0 Å². The van der Waals surface area contributed by atoms with Gasteiger partial charge in [0.1, 0.15) is 0 Å². The summed E-state index contributed by atoms with van der Waals surface area (Å²) in [6, 6.07) is 0. The molecule has 0 aromatic heterocycles. The Kier molecular flexibility index (Phi) is 36.5. The van der Waals surface area contributed by atoms with E-state index in [1.807, 2.05) is 13.8 Å². The van der Waals surface area contributed by atoms with Crippen LogP contribution in [0.4, 0.5) is 0 Å². The van der Waals surface area contributed by atoms with Crippen LogP contribution in [0.15, 0.2) is 0 Å². The number of carboxylic acids is 2. The molecular formula is C11H26N2O5S2. The highest BCUT2D eigenvalue weighted by atomic mass is 33.1. The Morgan fingerprint density at radius 3 is 1.25 bits per heavy atom.